The number of thioether (sulfide) groups is 1. The molecule has 1 aliphatic heterocycles. The van der Waals surface area contributed by atoms with Crippen molar-refractivity contribution in [3.05, 3.63) is 0 Å². The summed E-state index contributed by atoms with van der Waals surface area (Å²) in [6, 6.07) is 0. The fraction of sp³-hybridized carbons (Fsp3) is 0.857. The van der Waals surface area contributed by atoms with Gasteiger partial charge < -0.3 is 20.3 Å². The van der Waals surface area contributed by atoms with Crippen LogP contribution >= 0.6 is 11.8 Å². The third kappa shape index (κ3) is 8.16. The van der Waals surface area contributed by atoms with Gasteiger partial charge >= 0.3 is 0 Å². The summed E-state index contributed by atoms with van der Waals surface area (Å²) in [6.07, 6.45) is 5.77. The van der Waals surface area contributed by atoms with E-state index in [1.807, 2.05) is 0 Å². The number of likely N-dealkylation sites (N-methyl/N-ethyl adjacent to an activating group) is 1. The van der Waals surface area contributed by atoms with Crippen LogP contribution in [-0.4, -0.2) is 75.2 Å². The second-order valence-corrected chi connectivity index (χ2v) is 6.23. The van der Waals surface area contributed by atoms with E-state index in [9.17, 15) is 4.79 Å². The highest BCUT2D eigenvalue weighted by atomic mass is 32.2. The number of amides is 1. The Labute approximate surface area is 132 Å². The molecule has 0 aromatic heterocycles. The molecule has 0 aromatic carbocycles. The first-order chi connectivity index (χ1) is 10.1. The van der Waals surface area contributed by atoms with Crippen molar-refractivity contribution in [2.75, 3.05) is 52.3 Å². The number of guanidine groups is 1. The Morgan fingerprint density at radius 1 is 1.38 bits per heavy atom. The maximum atomic E-state index is 11.6. The van der Waals surface area contributed by atoms with Crippen LogP contribution in [0, 0.1) is 0 Å². The highest BCUT2D eigenvalue weighted by Crippen LogP contribution is 2.11. The third-order valence-electron chi connectivity index (χ3n) is 3.24. The van der Waals surface area contributed by atoms with Crippen molar-refractivity contribution in [3.63, 3.8) is 0 Å². The molecule has 1 saturated heterocycles. The van der Waals surface area contributed by atoms with Gasteiger partial charge in [0.1, 0.15) is 6.54 Å². The first-order valence-electron chi connectivity index (χ1n) is 7.46. The van der Waals surface area contributed by atoms with Gasteiger partial charge in [-0.05, 0) is 25.5 Å². The minimum Gasteiger partial charge on any atom is -0.376 e. The van der Waals surface area contributed by atoms with Gasteiger partial charge in [-0.1, -0.05) is 0 Å². The van der Waals surface area contributed by atoms with Gasteiger partial charge in [-0.3, -0.25) is 4.79 Å². The predicted octanol–water partition coefficient (Wildman–Crippen LogP) is 0.542. The summed E-state index contributed by atoms with van der Waals surface area (Å²) in [7, 11) is 3.48. The molecule has 0 spiro atoms. The van der Waals surface area contributed by atoms with E-state index in [0.717, 1.165) is 38.3 Å². The van der Waals surface area contributed by atoms with Gasteiger partial charge in [0.2, 0.25) is 5.91 Å². The van der Waals surface area contributed by atoms with Gasteiger partial charge in [-0.25, -0.2) is 4.99 Å². The summed E-state index contributed by atoms with van der Waals surface area (Å²) in [5, 5.41) is 6.52. The number of rotatable bonds is 7. The molecular formula is C14H28N4O2S. The van der Waals surface area contributed by atoms with Gasteiger partial charge in [0.15, 0.2) is 5.96 Å². The van der Waals surface area contributed by atoms with Crippen LogP contribution in [0.2, 0.25) is 0 Å². The van der Waals surface area contributed by atoms with Crippen molar-refractivity contribution in [1.82, 2.24) is 15.5 Å². The second-order valence-electron chi connectivity index (χ2n) is 5.24. The molecule has 0 bridgehead atoms. The van der Waals surface area contributed by atoms with Crippen molar-refractivity contribution in [2.24, 2.45) is 4.99 Å². The monoisotopic (exact) mass is 316 g/mol. The number of carbonyl (C=O) groups is 1. The largest absolute Gasteiger partial charge is 0.376 e. The van der Waals surface area contributed by atoms with Gasteiger partial charge in [-0.15, -0.1) is 0 Å². The van der Waals surface area contributed by atoms with Crippen LogP contribution in [0.25, 0.3) is 0 Å². The van der Waals surface area contributed by atoms with Crippen LogP contribution in [-0.2, 0) is 9.53 Å². The molecule has 0 aliphatic carbocycles. The zero-order valence-electron chi connectivity index (χ0n) is 13.4. The van der Waals surface area contributed by atoms with Crippen LogP contribution in [0.4, 0.5) is 0 Å². The molecule has 1 atom stereocenters. The van der Waals surface area contributed by atoms with Gasteiger partial charge in [-0.2, -0.15) is 11.8 Å². The number of nitrogens with zero attached hydrogens (tertiary/aromatic N) is 2. The normalized spacial score (nSPS) is 19.2. The van der Waals surface area contributed by atoms with Crippen molar-refractivity contribution in [2.45, 2.75) is 25.4 Å². The number of carbonyl (C=O) groups excluding carboxylic acids is 1. The molecular weight excluding hydrogens is 288 g/mol. The lowest BCUT2D eigenvalue weighted by Crippen LogP contribution is -2.43. The number of hydrogen-bond donors (Lipinski definition) is 2. The molecule has 2 N–H and O–H groups in total. The summed E-state index contributed by atoms with van der Waals surface area (Å²) in [5.74, 6) is 1.69. The maximum Gasteiger partial charge on any atom is 0.243 e. The molecule has 1 rings (SSSR count). The Balaban J connectivity index is 2.42. The Kier molecular flexibility index (Phi) is 9.25. The van der Waals surface area contributed by atoms with Gasteiger partial charge in [0.25, 0.3) is 0 Å². The van der Waals surface area contributed by atoms with Crippen LogP contribution in [0.1, 0.15) is 19.3 Å². The van der Waals surface area contributed by atoms with Crippen LogP contribution in [0.5, 0.6) is 0 Å². The summed E-state index contributed by atoms with van der Waals surface area (Å²) in [4.78, 5) is 17.5. The van der Waals surface area contributed by atoms with E-state index in [1.54, 1.807) is 30.8 Å². The maximum absolute atomic E-state index is 11.6. The SMILES string of the molecule is CSCCNC(=NCC(=O)N(C)C)NCC1CCCCO1. The molecule has 0 radical (unpaired) electrons. The molecule has 0 saturated carbocycles. The topological polar surface area (TPSA) is 66.0 Å². The zero-order chi connectivity index (χ0) is 15.5. The van der Waals surface area contributed by atoms with E-state index >= 15 is 0 Å². The summed E-state index contributed by atoms with van der Waals surface area (Å²) >= 11 is 1.77. The van der Waals surface area contributed by atoms with Crippen molar-refractivity contribution < 1.29 is 9.53 Å². The molecule has 0 aromatic rings. The fourth-order valence-electron chi connectivity index (χ4n) is 1.91. The van der Waals surface area contributed by atoms with Crippen LogP contribution in [0.3, 0.4) is 0 Å². The third-order valence-corrected chi connectivity index (χ3v) is 3.85. The lowest BCUT2D eigenvalue weighted by molar-refractivity contribution is -0.127. The minimum absolute atomic E-state index is 0.00474. The molecule has 1 fully saturated rings. The first-order valence-corrected chi connectivity index (χ1v) is 8.85. The Morgan fingerprint density at radius 3 is 2.81 bits per heavy atom. The number of aliphatic imine (C=N–C) groups is 1. The van der Waals surface area contributed by atoms with Gasteiger partial charge in [0.05, 0.1) is 6.10 Å². The molecule has 122 valence electrons. The minimum atomic E-state index is -0.00474. The second kappa shape index (κ2) is 10.7. The Morgan fingerprint density at radius 2 is 2.19 bits per heavy atom. The van der Waals surface area contributed by atoms with E-state index < -0.39 is 0 Å². The molecule has 1 heterocycles. The highest BCUT2D eigenvalue weighted by molar-refractivity contribution is 7.98. The average Bonchev–Trinajstić information content (AvgIpc) is 2.50. The van der Waals surface area contributed by atoms with E-state index in [4.69, 9.17) is 4.74 Å². The van der Waals surface area contributed by atoms with E-state index in [2.05, 4.69) is 21.9 Å². The standard InChI is InChI=1S/C14H28N4O2S/c1-18(2)13(19)11-17-14(15-7-9-21-3)16-10-12-6-4-5-8-20-12/h12H,4-11H2,1-3H3,(H2,15,16,17). The molecule has 1 aliphatic rings. The molecule has 1 amide bonds. The Hall–Kier alpha value is -0.950. The number of ether oxygens (including phenoxy) is 1. The quantitative estimate of drug-likeness (QED) is 0.408. The fourth-order valence-corrected chi connectivity index (χ4v) is 2.22. The van der Waals surface area contributed by atoms with Crippen molar-refractivity contribution in [1.29, 1.82) is 0 Å². The smallest absolute Gasteiger partial charge is 0.243 e. The lowest BCUT2D eigenvalue weighted by Gasteiger charge is -2.23. The highest BCUT2D eigenvalue weighted by Gasteiger charge is 2.14. The molecule has 7 heteroatoms. The van der Waals surface area contributed by atoms with Crippen molar-refractivity contribution >= 4 is 23.6 Å². The Bertz CT molecular complexity index is 331. The number of nitrogens with one attached hydrogen (secondary N) is 2. The van der Waals surface area contributed by atoms with Gasteiger partial charge in [0, 0.05) is 39.5 Å². The lowest BCUT2D eigenvalue weighted by atomic mass is 10.1. The molecule has 1 unspecified atom stereocenters. The van der Waals surface area contributed by atoms with Crippen LogP contribution < -0.4 is 10.6 Å². The summed E-state index contributed by atoms with van der Waals surface area (Å²) in [6.45, 7) is 2.57. The zero-order valence-corrected chi connectivity index (χ0v) is 14.2. The average molecular weight is 316 g/mol. The van der Waals surface area contributed by atoms with Crippen molar-refractivity contribution in [3.8, 4) is 0 Å². The molecule has 6 nitrogen and oxygen atoms in total. The summed E-state index contributed by atoms with van der Waals surface area (Å²) in [5.41, 5.74) is 0. The summed E-state index contributed by atoms with van der Waals surface area (Å²) < 4.78 is 5.69. The number of hydrogen-bond acceptors (Lipinski definition) is 4. The first kappa shape index (κ1) is 18.1. The van der Waals surface area contributed by atoms with E-state index in [1.165, 1.54) is 6.42 Å². The predicted molar refractivity (Wildman–Crippen MR) is 89.0 cm³/mol. The van der Waals surface area contributed by atoms with E-state index in [-0.39, 0.29) is 18.6 Å². The van der Waals surface area contributed by atoms with Crippen LogP contribution in [0.15, 0.2) is 4.99 Å². The molecule has 21 heavy (non-hydrogen) atoms. The van der Waals surface area contributed by atoms with E-state index in [0.29, 0.717) is 5.96 Å².